The third-order valence-electron chi connectivity index (χ3n) is 6.80. The van der Waals surface area contributed by atoms with Crippen LogP contribution in [0.3, 0.4) is 0 Å². The van der Waals surface area contributed by atoms with Crippen LogP contribution in [0.4, 0.5) is 4.39 Å². The monoisotopic (exact) mass is 516 g/mol. The van der Waals surface area contributed by atoms with Crippen molar-refractivity contribution in [2.75, 3.05) is 0 Å². The van der Waals surface area contributed by atoms with Gasteiger partial charge in [-0.3, -0.25) is 9.59 Å². The predicted octanol–water partition coefficient (Wildman–Crippen LogP) is 4.16. The summed E-state index contributed by atoms with van der Waals surface area (Å²) in [6.07, 6.45) is 4.20. The minimum atomic E-state index is -0.983. The van der Waals surface area contributed by atoms with Crippen LogP contribution < -0.4 is 10.6 Å². The van der Waals surface area contributed by atoms with E-state index in [1.807, 2.05) is 0 Å². The summed E-state index contributed by atoms with van der Waals surface area (Å²) in [5.74, 6) is -2.23. The van der Waals surface area contributed by atoms with Gasteiger partial charge < -0.3 is 15.7 Å². The fourth-order valence-electron chi connectivity index (χ4n) is 4.68. The zero-order valence-electron chi connectivity index (χ0n) is 21.5. The molecule has 0 saturated carbocycles. The van der Waals surface area contributed by atoms with Crippen LogP contribution in [0.2, 0.25) is 0 Å². The second-order valence-corrected chi connectivity index (χ2v) is 9.38. The largest absolute Gasteiger partial charge is 0.478 e. The number of aryl methyl sites for hydroxylation is 2. The van der Waals surface area contributed by atoms with Crippen LogP contribution in [-0.2, 0) is 22.6 Å². The molecule has 2 aromatic carbocycles. The summed E-state index contributed by atoms with van der Waals surface area (Å²) in [5, 5.41) is 19.4. The molecule has 196 valence electrons. The molecule has 8 nitrogen and oxygen atoms in total. The number of aromatic nitrogens is 2. The van der Waals surface area contributed by atoms with Crippen molar-refractivity contribution in [2.45, 2.75) is 46.2 Å². The lowest BCUT2D eigenvalue weighted by molar-refractivity contribution is -0.117. The second kappa shape index (κ2) is 10.8. The highest BCUT2D eigenvalue weighted by Gasteiger charge is 2.29. The molecule has 0 bridgehead atoms. The van der Waals surface area contributed by atoms with Crippen molar-refractivity contribution in [2.24, 2.45) is 0 Å². The molecular weight excluding hydrogens is 487 g/mol. The fraction of sp³-hybridized carbons (Fsp3) is 0.241. The molecule has 1 aromatic heterocycles. The van der Waals surface area contributed by atoms with Crippen molar-refractivity contribution in [1.82, 2.24) is 20.4 Å². The van der Waals surface area contributed by atoms with Gasteiger partial charge in [-0.2, -0.15) is 5.10 Å². The highest BCUT2D eigenvalue weighted by atomic mass is 19.1. The lowest BCUT2D eigenvalue weighted by Gasteiger charge is -2.18. The molecule has 4 rings (SSSR count). The minimum Gasteiger partial charge on any atom is -0.478 e. The molecule has 0 saturated heterocycles. The number of nitrogens with one attached hydrogen (secondary N) is 2. The summed E-state index contributed by atoms with van der Waals surface area (Å²) in [4.78, 5) is 37.8. The van der Waals surface area contributed by atoms with Gasteiger partial charge >= 0.3 is 5.97 Å². The van der Waals surface area contributed by atoms with Gasteiger partial charge in [0.15, 0.2) is 0 Å². The van der Waals surface area contributed by atoms with Crippen LogP contribution >= 0.6 is 0 Å². The number of carbonyl (C=O) groups excluding carboxylic acids is 2. The molecule has 3 N–H and O–H groups in total. The summed E-state index contributed by atoms with van der Waals surface area (Å²) < 4.78 is 15.0. The zero-order valence-corrected chi connectivity index (χ0v) is 21.5. The van der Waals surface area contributed by atoms with Crippen molar-refractivity contribution in [1.29, 1.82) is 0 Å². The third kappa shape index (κ3) is 5.41. The first-order chi connectivity index (χ1) is 18.1. The summed E-state index contributed by atoms with van der Waals surface area (Å²) in [6.45, 7) is 9.23. The number of carbonyl (C=O) groups is 3. The third-order valence-corrected chi connectivity index (χ3v) is 6.80. The first kappa shape index (κ1) is 26.5. The topological polar surface area (TPSA) is 113 Å². The van der Waals surface area contributed by atoms with Crippen LogP contribution in [0, 0.1) is 26.6 Å². The Morgan fingerprint density at radius 2 is 1.92 bits per heavy atom. The molecule has 1 heterocycles. The summed E-state index contributed by atoms with van der Waals surface area (Å²) in [5.41, 5.74) is 4.83. The van der Waals surface area contributed by atoms with Crippen LogP contribution in [0.15, 0.2) is 60.8 Å². The van der Waals surface area contributed by atoms with E-state index >= 15 is 0 Å². The second-order valence-electron chi connectivity index (χ2n) is 9.38. The van der Waals surface area contributed by atoms with E-state index in [0.717, 1.165) is 16.7 Å². The number of amides is 2. The quantitative estimate of drug-likeness (QED) is 0.307. The average molecular weight is 517 g/mol. The number of carboxylic acids is 1. The van der Waals surface area contributed by atoms with E-state index in [2.05, 4.69) is 22.3 Å². The standard InChI is InChI=1S/C29H29FN4O4/c1-16-13-20(5-9-24(16)30)15-31-27(35)17(2)14-26(34-18(3)11-12-32-34)28(36)33-25-10-8-21-19(4)22(29(37)38)6-7-23(21)25/h5-7,9,11-14,25H,2,8,10,15H2,1,3-4H3,(H,31,35)(H,33,36)(H,37,38)/b26-14-. The Bertz CT molecular complexity index is 1490. The molecule has 1 aliphatic rings. The van der Waals surface area contributed by atoms with Gasteiger partial charge in [0.2, 0.25) is 0 Å². The Balaban J connectivity index is 1.54. The van der Waals surface area contributed by atoms with Crippen molar-refractivity contribution in [3.05, 3.63) is 106 Å². The van der Waals surface area contributed by atoms with Crippen LogP contribution in [0.25, 0.3) is 5.70 Å². The zero-order chi connectivity index (χ0) is 27.6. The van der Waals surface area contributed by atoms with E-state index in [0.29, 0.717) is 29.7 Å². The summed E-state index contributed by atoms with van der Waals surface area (Å²) in [6, 6.07) is 9.32. The van der Waals surface area contributed by atoms with E-state index in [1.54, 1.807) is 57.3 Å². The maximum absolute atomic E-state index is 13.5. The maximum atomic E-state index is 13.5. The van der Waals surface area contributed by atoms with E-state index in [4.69, 9.17) is 0 Å². The molecular formula is C29H29FN4O4. The maximum Gasteiger partial charge on any atom is 0.335 e. The molecule has 0 radical (unpaired) electrons. The molecule has 0 spiro atoms. The number of hydrogen-bond acceptors (Lipinski definition) is 4. The smallest absolute Gasteiger partial charge is 0.335 e. The van der Waals surface area contributed by atoms with Crippen molar-refractivity contribution in [3.63, 3.8) is 0 Å². The van der Waals surface area contributed by atoms with Crippen molar-refractivity contribution < 1.29 is 23.9 Å². The van der Waals surface area contributed by atoms with Crippen LogP contribution in [-0.4, -0.2) is 32.7 Å². The molecule has 9 heteroatoms. The molecule has 3 aromatic rings. The molecule has 1 aliphatic carbocycles. The lowest BCUT2D eigenvalue weighted by atomic mass is 9.98. The predicted molar refractivity (Wildman–Crippen MR) is 141 cm³/mol. The molecule has 38 heavy (non-hydrogen) atoms. The number of carboxylic acid groups (broad SMARTS) is 1. The normalized spacial score (nSPS) is 14.6. The van der Waals surface area contributed by atoms with Gasteiger partial charge in [0.1, 0.15) is 11.5 Å². The van der Waals surface area contributed by atoms with Crippen molar-refractivity contribution >= 4 is 23.5 Å². The van der Waals surface area contributed by atoms with E-state index < -0.39 is 17.8 Å². The Labute approximate surface area is 219 Å². The van der Waals surface area contributed by atoms with Gasteiger partial charge in [0.05, 0.1) is 11.6 Å². The molecule has 0 aliphatic heterocycles. The summed E-state index contributed by atoms with van der Waals surface area (Å²) in [7, 11) is 0. The molecule has 1 unspecified atom stereocenters. The van der Waals surface area contributed by atoms with Crippen LogP contribution in [0.5, 0.6) is 0 Å². The Hall–Kier alpha value is -4.53. The van der Waals surface area contributed by atoms with Crippen LogP contribution in [0.1, 0.15) is 56.3 Å². The molecule has 0 fully saturated rings. The number of hydrogen-bond donors (Lipinski definition) is 3. The minimum absolute atomic E-state index is 0.0534. The first-order valence-electron chi connectivity index (χ1n) is 12.2. The number of fused-ring (bicyclic) bond motifs is 1. The Morgan fingerprint density at radius 1 is 1.16 bits per heavy atom. The van der Waals surface area contributed by atoms with E-state index in [-0.39, 0.29) is 35.2 Å². The highest BCUT2D eigenvalue weighted by Crippen LogP contribution is 2.35. The van der Waals surface area contributed by atoms with Gasteiger partial charge in [-0.1, -0.05) is 24.8 Å². The number of halogens is 1. The Morgan fingerprint density at radius 3 is 2.58 bits per heavy atom. The van der Waals surface area contributed by atoms with Gasteiger partial charge in [-0.15, -0.1) is 0 Å². The first-order valence-corrected chi connectivity index (χ1v) is 12.2. The van der Waals surface area contributed by atoms with E-state index in [9.17, 15) is 23.9 Å². The number of nitrogens with zero attached hydrogens (tertiary/aromatic N) is 2. The van der Waals surface area contributed by atoms with Gasteiger partial charge in [-0.25, -0.2) is 13.9 Å². The number of aromatic carboxylic acids is 1. The average Bonchev–Trinajstić information content (AvgIpc) is 3.49. The highest BCUT2D eigenvalue weighted by molar-refractivity contribution is 6.16. The SMILES string of the molecule is C=C(/C=C(/C(=O)NC1CCc2c1ccc(C(=O)O)c2C)n1nccc1C)C(=O)NCc1ccc(F)c(C)c1. The number of benzene rings is 2. The van der Waals surface area contributed by atoms with Gasteiger partial charge in [0, 0.05) is 24.0 Å². The van der Waals surface area contributed by atoms with E-state index in [1.165, 1.54) is 16.8 Å². The van der Waals surface area contributed by atoms with Gasteiger partial charge in [0.25, 0.3) is 11.8 Å². The Kier molecular flexibility index (Phi) is 7.57. The fourth-order valence-corrected chi connectivity index (χ4v) is 4.68. The van der Waals surface area contributed by atoms with Crippen molar-refractivity contribution in [3.8, 4) is 0 Å². The lowest BCUT2D eigenvalue weighted by Crippen LogP contribution is -2.31. The van der Waals surface area contributed by atoms with Gasteiger partial charge in [-0.05, 0) is 85.7 Å². The number of rotatable bonds is 8. The molecule has 1 atom stereocenters. The molecule has 2 amide bonds. The summed E-state index contributed by atoms with van der Waals surface area (Å²) >= 11 is 0.